The van der Waals surface area contributed by atoms with Crippen LogP contribution in [0.4, 0.5) is 0 Å². The summed E-state index contributed by atoms with van der Waals surface area (Å²) in [4.78, 5) is 28.1. The lowest BCUT2D eigenvalue weighted by Gasteiger charge is -2.13. The summed E-state index contributed by atoms with van der Waals surface area (Å²) in [5.41, 5.74) is 7.69. The second-order valence-electron chi connectivity index (χ2n) is 5.46. The number of benzene rings is 1. The van der Waals surface area contributed by atoms with Crippen molar-refractivity contribution in [2.75, 3.05) is 6.54 Å². The molecule has 0 fully saturated rings. The Morgan fingerprint density at radius 3 is 2.22 bits per heavy atom. The van der Waals surface area contributed by atoms with E-state index in [0.29, 0.717) is 29.7 Å². The van der Waals surface area contributed by atoms with Crippen LogP contribution in [-0.4, -0.2) is 31.8 Å². The third-order valence-electron chi connectivity index (χ3n) is 3.09. The van der Waals surface area contributed by atoms with Crippen LogP contribution in [0.5, 0.6) is 0 Å². The Morgan fingerprint density at radius 2 is 1.78 bits per heavy atom. The van der Waals surface area contributed by atoms with Crippen LogP contribution in [0.3, 0.4) is 0 Å². The lowest BCUT2D eigenvalue weighted by atomic mass is 9.84. The maximum atomic E-state index is 12.4. The number of aliphatic imine (C=N–C) groups is 1. The summed E-state index contributed by atoms with van der Waals surface area (Å²) in [5, 5.41) is 0. The first kappa shape index (κ1) is 21.1. The lowest BCUT2D eigenvalue weighted by Crippen LogP contribution is -2.26. The summed E-state index contributed by atoms with van der Waals surface area (Å²) in [5.74, 6) is -0.402. The van der Waals surface area contributed by atoms with Gasteiger partial charge < -0.3 is 5.73 Å². The number of rotatable bonds is 6. The monoisotopic (exact) mass is 314 g/mol. The van der Waals surface area contributed by atoms with E-state index in [1.165, 1.54) is 0 Å². The Labute approximate surface area is 141 Å². The number of carbonyl (C=O) groups excluding carboxylic acids is 2. The average Bonchev–Trinajstić information content (AvgIpc) is 2.46. The Morgan fingerprint density at radius 1 is 1.22 bits per heavy atom. The van der Waals surface area contributed by atoms with Crippen molar-refractivity contribution in [3.8, 4) is 0 Å². The smallest absolute Gasteiger partial charge is 0.248 e. The highest BCUT2D eigenvalue weighted by atomic mass is 16.1. The molecule has 124 valence electrons. The summed E-state index contributed by atoms with van der Waals surface area (Å²) in [7, 11) is 5.80. The molecule has 0 unspecified atom stereocenters. The number of hydrogen-bond donors (Lipinski definition) is 1. The van der Waals surface area contributed by atoms with Gasteiger partial charge in [0.2, 0.25) is 5.91 Å². The molecule has 0 aliphatic carbocycles. The van der Waals surface area contributed by atoms with Gasteiger partial charge in [0, 0.05) is 24.1 Å². The zero-order chi connectivity index (χ0) is 18.2. The summed E-state index contributed by atoms with van der Waals surface area (Å²) in [6, 6.07) is 3.23. The molecule has 1 aromatic rings. The molecule has 0 saturated heterocycles. The number of aryl methyl sites for hydroxylation is 1. The molecule has 1 rings (SSSR count). The van der Waals surface area contributed by atoms with Gasteiger partial charge >= 0.3 is 0 Å². The third-order valence-corrected chi connectivity index (χ3v) is 3.09. The van der Waals surface area contributed by atoms with Gasteiger partial charge in [0.05, 0.1) is 0 Å². The van der Waals surface area contributed by atoms with E-state index in [2.05, 4.69) is 4.99 Å². The van der Waals surface area contributed by atoms with E-state index in [-0.39, 0.29) is 17.3 Å². The first-order valence-corrected chi connectivity index (χ1v) is 8.05. The molecule has 0 bridgehead atoms. The molecule has 0 saturated carbocycles. The Bertz CT molecular complexity index is 593. The van der Waals surface area contributed by atoms with Crippen LogP contribution in [0.15, 0.2) is 17.1 Å². The van der Waals surface area contributed by atoms with E-state index in [4.69, 9.17) is 13.6 Å². The van der Waals surface area contributed by atoms with E-state index < -0.39 is 5.91 Å². The van der Waals surface area contributed by atoms with Crippen molar-refractivity contribution < 1.29 is 9.59 Å². The van der Waals surface area contributed by atoms with Crippen molar-refractivity contribution in [1.82, 2.24) is 0 Å². The van der Waals surface area contributed by atoms with Crippen LogP contribution in [0.2, 0.25) is 0 Å². The lowest BCUT2D eigenvalue weighted by molar-refractivity contribution is -0.113. The minimum absolute atomic E-state index is 0.0323. The van der Waals surface area contributed by atoms with E-state index in [9.17, 15) is 9.59 Å². The van der Waals surface area contributed by atoms with Gasteiger partial charge in [-0.3, -0.25) is 14.6 Å². The molecule has 0 aromatic heterocycles. The highest BCUT2D eigenvalue weighted by Gasteiger charge is 2.19. The number of ketones is 1. The summed E-state index contributed by atoms with van der Waals surface area (Å²) in [6.07, 6.45) is 0.411. The Balaban J connectivity index is 0.00000232. The maximum Gasteiger partial charge on any atom is 0.248 e. The van der Waals surface area contributed by atoms with Gasteiger partial charge in [-0.25, -0.2) is 0 Å². The van der Waals surface area contributed by atoms with Crippen molar-refractivity contribution in [2.45, 2.75) is 48.0 Å². The molecule has 1 amide bonds. The van der Waals surface area contributed by atoms with Crippen molar-refractivity contribution in [1.29, 1.82) is 0 Å². The van der Waals surface area contributed by atoms with Gasteiger partial charge in [0.15, 0.2) is 5.78 Å². The van der Waals surface area contributed by atoms with Gasteiger partial charge in [-0.1, -0.05) is 39.2 Å². The summed E-state index contributed by atoms with van der Waals surface area (Å²) >= 11 is 0. The van der Waals surface area contributed by atoms with E-state index in [0.717, 1.165) is 5.56 Å². The van der Waals surface area contributed by atoms with Gasteiger partial charge in [-0.2, -0.15) is 0 Å². The fourth-order valence-corrected chi connectivity index (χ4v) is 2.15. The third kappa shape index (κ3) is 6.01. The molecular weight excluding hydrogens is 287 g/mol. The molecule has 0 atom stereocenters. The number of nitrogens with zero attached hydrogens (tertiary/aromatic N) is 1. The number of nitrogens with two attached hydrogens (primary N) is 1. The first-order chi connectivity index (χ1) is 10.8. The van der Waals surface area contributed by atoms with Crippen LogP contribution in [-0.2, 0) is 4.79 Å². The second-order valence-corrected chi connectivity index (χ2v) is 5.46. The SMILES string of the molecule is CC.[B]c1cc(C)c(C(=NCC)C(=O)CC(C)C)cc1C(N)=O. The van der Waals surface area contributed by atoms with Crippen molar-refractivity contribution >= 4 is 30.7 Å². The Kier molecular flexibility index (Phi) is 9.15. The van der Waals surface area contributed by atoms with Crippen LogP contribution in [0, 0.1) is 12.8 Å². The Hall–Kier alpha value is -1.91. The second kappa shape index (κ2) is 9.98. The normalized spacial score (nSPS) is 11.0. The van der Waals surface area contributed by atoms with Crippen molar-refractivity contribution in [3.63, 3.8) is 0 Å². The van der Waals surface area contributed by atoms with E-state index >= 15 is 0 Å². The molecular formula is C18H27BN2O2. The number of Topliss-reactive ketones (excluding diaryl/α,β-unsaturated/α-hetero) is 1. The quantitative estimate of drug-likeness (QED) is 0.646. The van der Waals surface area contributed by atoms with Crippen molar-refractivity contribution in [2.24, 2.45) is 16.6 Å². The minimum Gasteiger partial charge on any atom is -0.366 e. The zero-order valence-electron chi connectivity index (χ0n) is 15.1. The van der Waals surface area contributed by atoms with E-state index in [1.807, 2.05) is 41.5 Å². The van der Waals surface area contributed by atoms with E-state index in [1.54, 1.807) is 12.1 Å². The topological polar surface area (TPSA) is 72.5 Å². The number of primary amides is 1. The number of amides is 1. The largest absolute Gasteiger partial charge is 0.366 e. The van der Waals surface area contributed by atoms with Crippen LogP contribution in [0.25, 0.3) is 0 Å². The molecule has 0 aliphatic heterocycles. The fraction of sp³-hybridized carbons (Fsp3) is 0.500. The predicted octanol–water partition coefficient (Wildman–Crippen LogP) is 2.34. The average molecular weight is 314 g/mol. The molecule has 4 nitrogen and oxygen atoms in total. The molecule has 0 spiro atoms. The highest BCUT2D eigenvalue weighted by molar-refractivity contribution is 6.47. The minimum atomic E-state index is -0.610. The van der Waals surface area contributed by atoms with Crippen LogP contribution in [0.1, 0.15) is 62.5 Å². The molecule has 2 radical (unpaired) electrons. The summed E-state index contributed by atoms with van der Waals surface area (Å²) in [6.45, 7) is 12.2. The standard InChI is InChI=1S/C16H21BN2O2.C2H6/c1-5-19-15(14(20)6-9(2)3)11-8-12(16(18)21)13(17)7-10(11)4;1-2/h7-9H,5-6H2,1-4H3,(H2,18,21);1-2H3. The van der Waals surface area contributed by atoms with Crippen molar-refractivity contribution in [3.05, 3.63) is 28.8 Å². The van der Waals surface area contributed by atoms with Gasteiger partial charge in [0.25, 0.3) is 0 Å². The molecule has 1 aromatic carbocycles. The summed E-state index contributed by atoms with van der Waals surface area (Å²) < 4.78 is 0. The fourth-order valence-electron chi connectivity index (χ4n) is 2.15. The number of hydrogen-bond acceptors (Lipinski definition) is 3. The molecule has 0 aliphatic rings. The highest BCUT2D eigenvalue weighted by Crippen LogP contribution is 2.14. The van der Waals surface area contributed by atoms with Gasteiger partial charge in [-0.05, 0) is 31.4 Å². The first-order valence-electron chi connectivity index (χ1n) is 8.05. The molecule has 23 heavy (non-hydrogen) atoms. The van der Waals surface area contributed by atoms with Gasteiger partial charge in [0.1, 0.15) is 13.6 Å². The van der Waals surface area contributed by atoms with Crippen LogP contribution < -0.4 is 11.2 Å². The predicted molar refractivity (Wildman–Crippen MR) is 98.0 cm³/mol. The maximum absolute atomic E-state index is 12.4. The molecule has 0 heterocycles. The molecule has 5 heteroatoms. The van der Waals surface area contributed by atoms with Gasteiger partial charge in [-0.15, -0.1) is 0 Å². The zero-order valence-corrected chi connectivity index (χ0v) is 15.1. The molecule has 2 N–H and O–H groups in total. The van der Waals surface area contributed by atoms with Crippen LogP contribution >= 0.6 is 0 Å². The number of carbonyl (C=O) groups is 2.